The molecule has 0 aromatic heterocycles. The van der Waals surface area contributed by atoms with Gasteiger partial charge in [0.1, 0.15) is 0 Å². The molecule has 0 radical (unpaired) electrons. The van der Waals surface area contributed by atoms with E-state index in [2.05, 4.69) is 0 Å². The molecule has 1 nitrogen and oxygen atoms in total. The molecule has 0 fully saturated rings. The third-order valence-electron chi connectivity index (χ3n) is 3.26. The predicted molar refractivity (Wildman–Crippen MR) is 73.7 cm³/mol. The van der Waals surface area contributed by atoms with E-state index in [4.69, 9.17) is 0 Å². The zero-order valence-corrected chi connectivity index (χ0v) is 13.6. The van der Waals surface area contributed by atoms with Crippen LogP contribution in [-0.4, -0.2) is 40.7 Å². The summed E-state index contributed by atoms with van der Waals surface area (Å²) in [5, 5.41) is -0.915. The van der Waals surface area contributed by atoms with Gasteiger partial charge in [0, 0.05) is 17.7 Å². The Labute approximate surface area is 148 Å². The van der Waals surface area contributed by atoms with E-state index in [9.17, 15) is 53.1 Å². The molecular formula is C14H9F11OS. The van der Waals surface area contributed by atoms with Crippen LogP contribution in [0.1, 0.15) is 16.8 Å². The van der Waals surface area contributed by atoms with E-state index < -0.39 is 47.2 Å². The zero-order valence-electron chi connectivity index (χ0n) is 12.8. The topological polar surface area (TPSA) is 17.1 Å². The average molecular weight is 434 g/mol. The van der Waals surface area contributed by atoms with E-state index in [0.29, 0.717) is 0 Å². The second-order valence-corrected chi connectivity index (χ2v) is 6.25. The van der Waals surface area contributed by atoms with Crippen molar-refractivity contribution in [3.63, 3.8) is 0 Å². The van der Waals surface area contributed by atoms with E-state index in [1.165, 1.54) is 30.3 Å². The van der Waals surface area contributed by atoms with Crippen molar-refractivity contribution in [3.05, 3.63) is 35.9 Å². The first kappa shape index (κ1) is 23.5. The number of rotatable bonds is 7. The van der Waals surface area contributed by atoms with Crippen molar-refractivity contribution in [1.82, 2.24) is 0 Å². The van der Waals surface area contributed by atoms with Crippen molar-refractivity contribution in [3.8, 4) is 0 Å². The molecule has 0 saturated heterocycles. The van der Waals surface area contributed by atoms with Crippen LogP contribution < -0.4 is 0 Å². The molecule has 0 spiro atoms. The van der Waals surface area contributed by atoms with E-state index in [0.717, 1.165) is 0 Å². The summed E-state index contributed by atoms with van der Waals surface area (Å²) in [6.45, 7) is 0. The molecule has 0 atom stereocenters. The van der Waals surface area contributed by atoms with E-state index in [-0.39, 0.29) is 17.3 Å². The zero-order chi connectivity index (χ0) is 21.3. The first-order chi connectivity index (χ1) is 12.0. The quantitative estimate of drug-likeness (QED) is 0.486. The highest BCUT2D eigenvalue weighted by Crippen LogP contribution is 2.58. The molecule has 0 amide bonds. The monoisotopic (exact) mass is 434 g/mol. The van der Waals surface area contributed by atoms with E-state index in [1.807, 2.05) is 0 Å². The number of benzene rings is 1. The summed E-state index contributed by atoms with van der Waals surface area (Å²) >= 11 is -0.0107. The van der Waals surface area contributed by atoms with Gasteiger partial charge < -0.3 is 0 Å². The fraction of sp³-hybridized carbons (Fsp3) is 0.500. The third-order valence-corrected chi connectivity index (χ3v) is 4.17. The maximum Gasteiger partial charge on any atom is 0.460 e. The van der Waals surface area contributed by atoms with E-state index >= 15 is 0 Å². The predicted octanol–water partition coefficient (Wildman–Crippen LogP) is 6.05. The Morgan fingerprint density at radius 3 is 1.67 bits per heavy atom. The molecule has 0 bridgehead atoms. The van der Waals surface area contributed by atoms with Crippen LogP contribution in [0.3, 0.4) is 0 Å². The molecular weight excluding hydrogens is 425 g/mol. The molecule has 1 rings (SSSR count). The summed E-state index contributed by atoms with van der Waals surface area (Å²) in [7, 11) is 0. The number of hydrogen-bond acceptors (Lipinski definition) is 2. The second kappa shape index (κ2) is 7.47. The van der Waals surface area contributed by atoms with Crippen molar-refractivity contribution in [1.29, 1.82) is 0 Å². The summed E-state index contributed by atoms with van der Waals surface area (Å²) in [5.41, 5.74) is -0.0495. The highest BCUT2D eigenvalue weighted by atomic mass is 32.2. The van der Waals surface area contributed by atoms with Gasteiger partial charge >= 0.3 is 29.9 Å². The summed E-state index contributed by atoms with van der Waals surface area (Å²) in [6, 6.07) is 6.67. The Kier molecular flexibility index (Phi) is 6.51. The van der Waals surface area contributed by atoms with Crippen molar-refractivity contribution >= 4 is 16.9 Å². The minimum atomic E-state index is -7.42. The van der Waals surface area contributed by atoms with Gasteiger partial charge in [-0.3, -0.25) is 4.79 Å². The van der Waals surface area contributed by atoms with Crippen LogP contribution in [0.5, 0.6) is 0 Å². The van der Waals surface area contributed by atoms with Gasteiger partial charge in [0.25, 0.3) is 0 Å². The minimum absolute atomic E-state index is 0.0107. The Bertz CT molecular complexity index is 655. The molecule has 27 heavy (non-hydrogen) atoms. The van der Waals surface area contributed by atoms with Crippen molar-refractivity contribution in [2.24, 2.45) is 0 Å². The smallest absolute Gasteiger partial charge is 0.282 e. The molecule has 1 aromatic rings. The summed E-state index contributed by atoms with van der Waals surface area (Å²) in [6.07, 6.45) is -9.43. The Balaban J connectivity index is 2.92. The first-order valence-electron chi connectivity index (χ1n) is 6.79. The molecule has 0 aliphatic carbocycles. The Morgan fingerprint density at radius 1 is 0.741 bits per heavy atom. The minimum Gasteiger partial charge on any atom is -0.282 e. The van der Waals surface area contributed by atoms with Gasteiger partial charge in [-0.15, -0.1) is 0 Å². The van der Waals surface area contributed by atoms with Gasteiger partial charge in [0.2, 0.25) is 5.12 Å². The first-order valence-corrected chi connectivity index (χ1v) is 7.78. The van der Waals surface area contributed by atoms with Crippen molar-refractivity contribution in [2.75, 3.05) is 5.75 Å². The van der Waals surface area contributed by atoms with Gasteiger partial charge in [-0.2, -0.15) is 48.3 Å². The van der Waals surface area contributed by atoms with Crippen LogP contribution in [0.2, 0.25) is 0 Å². The fourth-order valence-corrected chi connectivity index (χ4v) is 2.54. The van der Waals surface area contributed by atoms with Crippen LogP contribution >= 0.6 is 11.8 Å². The summed E-state index contributed by atoms with van der Waals surface area (Å²) in [4.78, 5) is 11.6. The summed E-state index contributed by atoms with van der Waals surface area (Å²) in [5.74, 6) is -29.0. The van der Waals surface area contributed by atoms with Gasteiger partial charge in [0.05, 0.1) is 0 Å². The van der Waals surface area contributed by atoms with Crippen LogP contribution in [0.15, 0.2) is 30.3 Å². The van der Waals surface area contributed by atoms with Crippen molar-refractivity contribution < 1.29 is 53.1 Å². The molecule has 0 aliphatic rings. The number of thioether (sulfide) groups is 1. The lowest BCUT2D eigenvalue weighted by molar-refractivity contribution is -0.422. The van der Waals surface area contributed by atoms with Crippen LogP contribution in [-0.2, 0) is 0 Å². The molecule has 0 saturated carbocycles. The van der Waals surface area contributed by atoms with Gasteiger partial charge in [-0.25, -0.2) is 0 Å². The lowest BCUT2D eigenvalue weighted by atomic mass is 9.96. The maximum absolute atomic E-state index is 13.4. The van der Waals surface area contributed by atoms with Gasteiger partial charge in [-0.05, 0) is 0 Å². The lowest BCUT2D eigenvalue weighted by Crippen LogP contribution is -2.66. The SMILES string of the molecule is O=C(SCCC(F)(F)C(F)(F)C(F)(F)C(F)(F)C(F)(F)F)c1ccccc1. The fourth-order valence-electron chi connectivity index (χ4n) is 1.69. The van der Waals surface area contributed by atoms with Gasteiger partial charge in [-0.1, -0.05) is 42.1 Å². The highest BCUT2D eigenvalue weighted by Gasteiger charge is 2.86. The molecule has 0 heterocycles. The van der Waals surface area contributed by atoms with Crippen LogP contribution in [0, 0.1) is 0 Å². The Hall–Kier alpha value is -1.53. The number of halogens is 11. The number of carbonyl (C=O) groups is 1. The molecule has 154 valence electrons. The third kappa shape index (κ3) is 4.32. The number of hydrogen-bond donors (Lipinski definition) is 0. The highest BCUT2D eigenvalue weighted by molar-refractivity contribution is 8.14. The van der Waals surface area contributed by atoms with Crippen molar-refractivity contribution in [2.45, 2.75) is 36.3 Å². The number of alkyl halides is 11. The summed E-state index contributed by atoms with van der Waals surface area (Å²) < 4.78 is 141. The van der Waals surface area contributed by atoms with Crippen LogP contribution in [0.4, 0.5) is 48.3 Å². The Morgan fingerprint density at radius 2 is 1.22 bits per heavy atom. The lowest BCUT2D eigenvalue weighted by Gasteiger charge is -2.37. The average Bonchev–Trinajstić information content (AvgIpc) is 2.53. The molecule has 0 N–H and O–H groups in total. The molecule has 0 unspecified atom stereocenters. The largest absolute Gasteiger partial charge is 0.460 e. The number of carbonyl (C=O) groups excluding carboxylic acids is 1. The maximum atomic E-state index is 13.4. The van der Waals surface area contributed by atoms with E-state index in [1.54, 1.807) is 0 Å². The second-order valence-electron chi connectivity index (χ2n) is 5.18. The van der Waals surface area contributed by atoms with Gasteiger partial charge in [0.15, 0.2) is 0 Å². The molecule has 13 heteroatoms. The van der Waals surface area contributed by atoms with Crippen LogP contribution in [0.25, 0.3) is 0 Å². The molecule has 0 aliphatic heterocycles. The molecule has 1 aromatic carbocycles. The normalized spacial score (nSPS) is 14.3. The standard InChI is InChI=1S/C14H9F11OS/c15-10(16,6-7-27-9(26)8-4-2-1-3-5-8)11(17,18)12(19,20)13(21,22)14(23,24)25/h1-5H,6-7H2.